The first-order valence-corrected chi connectivity index (χ1v) is 5.88. The third-order valence-electron chi connectivity index (χ3n) is 2.51. The molecular weight excluding hydrogens is 287 g/mol. The van der Waals surface area contributed by atoms with Gasteiger partial charge in [0.2, 0.25) is 0 Å². The Hall–Kier alpha value is -2.34. The van der Waals surface area contributed by atoms with Gasteiger partial charge < -0.3 is 15.2 Å². The normalized spacial score (nSPS) is 10.2. The molecule has 7 heteroatoms. The van der Waals surface area contributed by atoms with E-state index >= 15 is 0 Å². The van der Waals surface area contributed by atoms with E-state index in [0.29, 0.717) is 5.69 Å². The lowest BCUT2D eigenvalue weighted by Crippen LogP contribution is -2.01. The molecule has 2 N–H and O–H groups in total. The van der Waals surface area contributed by atoms with E-state index in [2.05, 4.69) is 10.3 Å². The second kappa shape index (κ2) is 5.75. The van der Waals surface area contributed by atoms with E-state index in [-0.39, 0.29) is 22.2 Å². The van der Waals surface area contributed by atoms with Crippen molar-refractivity contribution in [3.8, 4) is 5.75 Å². The highest BCUT2D eigenvalue weighted by Gasteiger charge is 2.11. The quantitative estimate of drug-likeness (QED) is 0.905. The summed E-state index contributed by atoms with van der Waals surface area (Å²) in [6.07, 6.45) is 1.23. The van der Waals surface area contributed by atoms with Gasteiger partial charge in [0.1, 0.15) is 5.82 Å². The SMILES string of the molecule is COc1cc(Nc2cc(C(=O)O)c(Cl)cn2)ccc1F. The Bertz CT molecular complexity index is 664. The maximum atomic E-state index is 13.3. The number of rotatable bonds is 4. The van der Waals surface area contributed by atoms with Crippen LogP contribution >= 0.6 is 11.6 Å². The second-order valence-corrected chi connectivity index (χ2v) is 4.24. The molecule has 1 aromatic heterocycles. The van der Waals surface area contributed by atoms with Crippen LogP contribution in [0.15, 0.2) is 30.5 Å². The average Bonchev–Trinajstić information content (AvgIpc) is 2.42. The summed E-state index contributed by atoms with van der Waals surface area (Å²) >= 11 is 5.72. The minimum Gasteiger partial charge on any atom is -0.494 e. The number of halogens is 2. The number of nitrogens with zero attached hydrogens (tertiary/aromatic N) is 1. The molecule has 0 saturated heterocycles. The zero-order chi connectivity index (χ0) is 14.7. The van der Waals surface area contributed by atoms with Crippen LogP contribution in [-0.4, -0.2) is 23.2 Å². The Morgan fingerprint density at radius 1 is 1.45 bits per heavy atom. The van der Waals surface area contributed by atoms with E-state index in [9.17, 15) is 9.18 Å². The summed E-state index contributed by atoms with van der Waals surface area (Å²) in [7, 11) is 1.35. The maximum Gasteiger partial charge on any atom is 0.337 e. The van der Waals surface area contributed by atoms with Crippen LogP contribution in [0.4, 0.5) is 15.9 Å². The first-order chi connectivity index (χ1) is 9.51. The summed E-state index contributed by atoms with van der Waals surface area (Å²) in [6, 6.07) is 5.44. The lowest BCUT2D eigenvalue weighted by atomic mass is 10.2. The predicted molar refractivity (Wildman–Crippen MR) is 72.4 cm³/mol. The van der Waals surface area contributed by atoms with Gasteiger partial charge in [0.25, 0.3) is 0 Å². The number of pyridine rings is 1. The van der Waals surface area contributed by atoms with Gasteiger partial charge in [-0.3, -0.25) is 0 Å². The van der Waals surface area contributed by atoms with Crippen molar-refractivity contribution in [2.45, 2.75) is 0 Å². The summed E-state index contributed by atoms with van der Waals surface area (Å²) in [6.45, 7) is 0. The van der Waals surface area contributed by atoms with E-state index in [1.807, 2.05) is 0 Å². The molecule has 2 aromatic rings. The van der Waals surface area contributed by atoms with Gasteiger partial charge in [-0.2, -0.15) is 0 Å². The largest absolute Gasteiger partial charge is 0.494 e. The molecular formula is C13H10ClFN2O3. The van der Waals surface area contributed by atoms with Gasteiger partial charge in [0.05, 0.1) is 17.7 Å². The number of carbonyl (C=O) groups is 1. The lowest BCUT2D eigenvalue weighted by molar-refractivity contribution is 0.0697. The van der Waals surface area contributed by atoms with Crippen molar-refractivity contribution in [1.82, 2.24) is 4.98 Å². The van der Waals surface area contributed by atoms with Crippen molar-refractivity contribution < 1.29 is 19.0 Å². The van der Waals surface area contributed by atoms with E-state index in [1.165, 1.54) is 37.6 Å². The van der Waals surface area contributed by atoms with Crippen LogP contribution in [0.25, 0.3) is 0 Å². The molecule has 5 nitrogen and oxygen atoms in total. The summed E-state index contributed by atoms with van der Waals surface area (Å²) in [5.41, 5.74) is 0.438. The number of nitrogens with one attached hydrogen (secondary N) is 1. The van der Waals surface area contributed by atoms with Crippen LogP contribution in [0.1, 0.15) is 10.4 Å². The molecule has 0 amide bonds. The fourth-order valence-corrected chi connectivity index (χ4v) is 1.74. The number of hydrogen-bond acceptors (Lipinski definition) is 4. The number of carboxylic acid groups (broad SMARTS) is 1. The molecule has 0 spiro atoms. The van der Waals surface area contributed by atoms with Crippen LogP contribution < -0.4 is 10.1 Å². The van der Waals surface area contributed by atoms with Crippen LogP contribution in [0.3, 0.4) is 0 Å². The minimum atomic E-state index is -1.16. The Kier molecular flexibility index (Phi) is 4.05. The molecule has 0 unspecified atom stereocenters. The van der Waals surface area contributed by atoms with E-state index in [1.54, 1.807) is 0 Å². The van der Waals surface area contributed by atoms with E-state index < -0.39 is 11.8 Å². The van der Waals surface area contributed by atoms with Gasteiger partial charge in [-0.1, -0.05) is 11.6 Å². The Labute approximate surface area is 119 Å². The zero-order valence-electron chi connectivity index (χ0n) is 10.4. The molecule has 1 aromatic carbocycles. The number of methoxy groups -OCH3 is 1. The molecule has 0 aliphatic rings. The minimum absolute atomic E-state index is 0.0414. The van der Waals surface area contributed by atoms with Gasteiger partial charge in [-0.25, -0.2) is 14.2 Å². The van der Waals surface area contributed by atoms with E-state index in [4.69, 9.17) is 21.4 Å². The second-order valence-electron chi connectivity index (χ2n) is 3.83. The molecule has 0 fully saturated rings. The van der Waals surface area contributed by atoms with Crippen LogP contribution in [0, 0.1) is 5.82 Å². The number of ether oxygens (including phenoxy) is 1. The molecule has 20 heavy (non-hydrogen) atoms. The monoisotopic (exact) mass is 296 g/mol. The number of hydrogen-bond donors (Lipinski definition) is 2. The van der Waals surface area contributed by atoms with Crippen molar-refractivity contribution in [1.29, 1.82) is 0 Å². The van der Waals surface area contributed by atoms with Gasteiger partial charge in [-0.05, 0) is 18.2 Å². The Morgan fingerprint density at radius 2 is 2.20 bits per heavy atom. The van der Waals surface area contributed by atoms with Crippen LogP contribution in [-0.2, 0) is 0 Å². The standard InChI is InChI=1S/C13H10ClFN2O3/c1-20-11-4-7(2-3-10(11)15)17-12-5-8(13(18)19)9(14)6-16-12/h2-6H,1H3,(H,16,17)(H,18,19). The number of carboxylic acids is 1. The topological polar surface area (TPSA) is 71.5 Å². The summed E-state index contributed by atoms with van der Waals surface area (Å²) in [4.78, 5) is 14.9. The van der Waals surface area contributed by atoms with Crippen LogP contribution in [0.2, 0.25) is 5.02 Å². The smallest absolute Gasteiger partial charge is 0.337 e. The summed E-state index contributed by atoms with van der Waals surface area (Å²) in [5.74, 6) is -1.30. The van der Waals surface area contributed by atoms with Crippen molar-refractivity contribution in [2.75, 3.05) is 12.4 Å². The highest BCUT2D eigenvalue weighted by molar-refractivity contribution is 6.33. The highest BCUT2D eigenvalue weighted by Crippen LogP contribution is 2.25. The molecule has 2 rings (SSSR count). The zero-order valence-corrected chi connectivity index (χ0v) is 11.1. The molecule has 0 aliphatic heterocycles. The average molecular weight is 297 g/mol. The number of anilines is 2. The van der Waals surface area contributed by atoms with Gasteiger partial charge in [-0.15, -0.1) is 0 Å². The summed E-state index contributed by atoms with van der Waals surface area (Å²) < 4.78 is 18.1. The molecule has 0 aliphatic carbocycles. The maximum absolute atomic E-state index is 13.3. The van der Waals surface area contributed by atoms with Gasteiger partial charge in [0, 0.05) is 18.0 Å². The first kappa shape index (κ1) is 14.1. The number of aromatic carboxylic acids is 1. The predicted octanol–water partition coefficient (Wildman–Crippen LogP) is 3.32. The van der Waals surface area contributed by atoms with Crippen molar-refractivity contribution in [3.05, 3.63) is 46.9 Å². The third kappa shape index (κ3) is 2.97. The molecule has 0 saturated carbocycles. The lowest BCUT2D eigenvalue weighted by Gasteiger charge is -2.09. The Balaban J connectivity index is 2.30. The van der Waals surface area contributed by atoms with Crippen molar-refractivity contribution in [3.63, 3.8) is 0 Å². The molecule has 104 valence electrons. The number of benzene rings is 1. The Morgan fingerprint density at radius 3 is 2.85 bits per heavy atom. The highest BCUT2D eigenvalue weighted by atomic mass is 35.5. The fourth-order valence-electron chi connectivity index (χ4n) is 1.56. The molecule has 1 heterocycles. The van der Waals surface area contributed by atoms with E-state index in [0.717, 1.165) is 0 Å². The summed E-state index contributed by atoms with van der Waals surface area (Å²) in [5, 5.41) is 11.9. The molecule has 0 radical (unpaired) electrons. The third-order valence-corrected chi connectivity index (χ3v) is 2.81. The van der Waals surface area contributed by atoms with Crippen molar-refractivity contribution in [2.24, 2.45) is 0 Å². The van der Waals surface area contributed by atoms with Gasteiger partial charge >= 0.3 is 5.97 Å². The van der Waals surface area contributed by atoms with Crippen LogP contribution in [0.5, 0.6) is 5.75 Å². The van der Waals surface area contributed by atoms with Crippen molar-refractivity contribution >= 4 is 29.1 Å². The fraction of sp³-hybridized carbons (Fsp3) is 0.0769. The molecule has 0 bridgehead atoms. The number of aromatic nitrogens is 1. The molecule has 0 atom stereocenters. The van der Waals surface area contributed by atoms with Gasteiger partial charge in [0.15, 0.2) is 11.6 Å². The first-order valence-electron chi connectivity index (χ1n) is 5.50.